The average Bonchev–Trinajstić information content (AvgIpc) is 3.08. The van der Waals surface area contributed by atoms with E-state index in [1.54, 1.807) is 36.4 Å². The molecule has 0 aromatic heterocycles. The minimum absolute atomic E-state index is 0.0156. The van der Waals surface area contributed by atoms with Gasteiger partial charge >= 0.3 is 184 Å². The minimum atomic E-state index is -2.19. The number of aliphatic imine (C=N–C) groups is 1. The molecule has 0 unspecified atom stereocenters. The number of amides is 4. The van der Waals surface area contributed by atoms with E-state index in [0.717, 1.165) is 10.6 Å². The number of nitrogens with one attached hydrogen (secondary N) is 4. The zero-order valence-electron chi connectivity index (χ0n) is 29.8. The number of anilines is 1. The number of guanidine groups is 1. The molecule has 2 aromatic carbocycles. The van der Waals surface area contributed by atoms with Crippen molar-refractivity contribution >= 4 is 81.4 Å². The summed E-state index contributed by atoms with van der Waals surface area (Å²) in [6, 6.07) is 11.0. The first kappa shape index (κ1) is 44.2. The van der Waals surface area contributed by atoms with Crippen molar-refractivity contribution in [2.45, 2.75) is 60.0 Å². The van der Waals surface area contributed by atoms with Crippen LogP contribution in [0.25, 0.3) is 0 Å². The Labute approximate surface area is 317 Å². The molecule has 2 rings (SSSR count). The predicted molar refractivity (Wildman–Crippen MR) is 202 cm³/mol. The SMILES string of the molecule is [CH3][In]([CH2]CC(=O)NCCCOc1ccc(NC(=O)[C@H](CC(=O)O)NC(=O)CNC(=O)c2cccc(N=C(N)N)c2)cc1)[O]CCC(C)(C)OCCS. The van der Waals surface area contributed by atoms with Crippen LogP contribution in [-0.2, 0) is 26.8 Å². The molecule has 0 saturated carbocycles. The molecule has 0 aliphatic carbocycles. The Morgan fingerprint density at radius 2 is 1.73 bits per heavy atom. The van der Waals surface area contributed by atoms with E-state index in [2.05, 4.69) is 43.6 Å². The number of ether oxygens (including phenoxy) is 2. The predicted octanol–water partition coefficient (Wildman–Crippen LogP) is 1.95. The molecular formula is C34H50InN7O9S. The number of carbonyl (C=O) groups is 5. The van der Waals surface area contributed by atoms with Crippen molar-refractivity contribution in [2.75, 3.05) is 44.0 Å². The summed E-state index contributed by atoms with van der Waals surface area (Å²) >= 11 is 1.98. The van der Waals surface area contributed by atoms with E-state index in [1.165, 1.54) is 12.1 Å². The molecule has 284 valence electrons. The van der Waals surface area contributed by atoms with Crippen LogP contribution in [0.5, 0.6) is 5.75 Å². The molecule has 0 heterocycles. The monoisotopic (exact) mass is 847 g/mol. The van der Waals surface area contributed by atoms with Gasteiger partial charge in [0.05, 0.1) is 18.7 Å². The number of aliphatic carboxylic acids is 1. The third-order valence-electron chi connectivity index (χ3n) is 7.31. The van der Waals surface area contributed by atoms with Crippen molar-refractivity contribution in [1.82, 2.24) is 16.0 Å². The maximum absolute atomic E-state index is 12.9. The van der Waals surface area contributed by atoms with Crippen LogP contribution in [0.15, 0.2) is 53.5 Å². The van der Waals surface area contributed by atoms with Gasteiger partial charge in [-0.15, -0.1) is 0 Å². The van der Waals surface area contributed by atoms with Gasteiger partial charge in [0.15, 0.2) is 5.96 Å². The van der Waals surface area contributed by atoms with Gasteiger partial charge in [0.25, 0.3) is 5.91 Å². The van der Waals surface area contributed by atoms with E-state index >= 15 is 0 Å². The average molecular weight is 848 g/mol. The van der Waals surface area contributed by atoms with Crippen molar-refractivity contribution in [3.8, 4) is 5.75 Å². The molecule has 0 aliphatic heterocycles. The molecule has 0 saturated heterocycles. The van der Waals surface area contributed by atoms with E-state index in [1.807, 2.05) is 13.8 Å². The Balaban J connectivity index is 1.71. The summed E-state index contributed by atoms with van der Waals surface area (Å²) in [6.07, 6.45) is 1.13. The third kappa shape index (κ3) is 19.0. The van der Waals surface area contributed by atoms with Crippen LogP contribution >= 0.6 is 12.6 Å². The van der Waals surface area contributed by atoms with E-state index in [-0.39, 0.29) is 23.0 Å². The molecule has 2 aromatic rings. The zero-order valence-corrected chi connectivity index (χ0v) is 34.0. The second-order valence-corrected chi connectivity index (χ2v) is 20.0. The van der Waals surface area contributed by atoms with Crippen LogP contribution in [0.3, 0.4) is 0 Å². The number of thiol groups is 1. The normalized spacial score (nSPS) is 11.5. The standard InChI is InChI=1S/C26H32N7O7.C7H15O2S.CH3.In/c1-2-21(34)29-11-4-12-40-19-9-7-17(8-10-19)31-25(39)20(14-23(36)37)33-22(35)15-30-24(38)16-5-3-6-18(13-16)32-26(27)28;1-7(2,3-4-8)9-5-6-10;;/h3,5-10,13,20H,1-2,4,11-12,14-15H2,(H,29,34)(H,30,38)(H,31,39)(H,33,35)(H,36,37)(H4,27,28,32);10H,3-6H2,1-2H3;1H3;/q;-1;;+1/t20-;;;/m0.../s1. The number of hydrogen-bond donors (Lipinski definition) is 8. The Morgan fingerprint density at radius 1 is 1.00 bits per heavy atom. The van der Waals surface area contributed by atoms with Crippen molar-refractivity contribution in [1.29, 1.82) is 0 Å². The molecule has 16 nitrogen and oxygen atoms in total. The van der Waals surface area contributed by atoms with Gasteiger partial charge in [-0.2, -0.15) is 0 Å². The zero-order chi connectivity index (χ0) is 38.5. The quantitative estimate of drug-likeness (QED) is 0.0329. The Kier molecular flexibility index (Phi) is 20.0. The van der Waals surface area contributed by atoms with Crippen LogP contribution in [0.2, 0.25) is 8.86 Å². The molecule has 0 fully saturated rings. The summed E-state index contributed by atoms with van der Waals surface area (Å²) in [5, 5.41) is 19.5. The fourth-order valence-electron chi connectivity index (χ4n) is 4.52. The van der Waals surface area contributed by atoms with Gasteiger partial charge in [0.2, 0.25) is 11.8 Å². The fraction of sp³-hybridized carbons (Fsp3) is 0.471. The second-order valence-electron chi connectivity index (χ2n) is 12.4. The molecule has 0 spiro atoms. The van der Waals surface area contributed by atoms with Crippen LogP contribution in [-0.4, -0.2) is 113 Å². The number of hydrogen-bond acceptors (Lipinski definition) is 10. The van der Waals surface area contributed by atoms with Gasteiger partial charge < -0.3 is 32.5 Å². The molecule has 52 heavy (non-hydrogen) atoms. The number of benzene rings is 2. The Morgan fingerprint density at radius 3 is 2.40 bits per heavy atom. The summed E-state index contributed by atoms with van der Waals surface area (Å²) in [4.78, 5) is 65.4. The van der Waals surface area contributed by atoms with E-state index < -0.39 is 64.6 Å². The molecule has 4 amide bonds. The summed E-state index contributed by atoms with van der Waals surface area (Å²) in [5.41, 5.74) is 11.3. The second kappa shape index (κ2) is 23.5. The number of nitrogens with two attached hydrogens (primary N) is 2. The first-order valence-corrected chi connectivity index (χ1v) is 24.4. The van der Waals surface area contributed by atoms with Gasteiger partial charge in [-0.1, -0.05) is 6.07 Å². The summed E-state index contributed by atoms with van der Waals surface area (Å²) in [7, 11) is 0. The van der Waals surface area contributed by atoms with Crippen LogP contribution < -0.4 is 37.5 Å². The van der Waals surface area contributed by atoms with E-state index in [0.29, 0.717) is 62.1 Å². The number of carboxylic acid groups (broad SMARTS) is 1. The molecule has 18 heteroatoms. The molecule has 0 aliphatic rings. The summed E-state index contributed by atoms with van der Waals surface area (Å²) in [6.45, 7) is 5.60. The van der Waals surface area contributed by atoms with Gasteiger partial charge in [0, 0.05) is 5.56 Å². The van der Waals surface area contributed by atoms with Crippen molar-refractivity contribution in [2.24, 2.45) is 16.5 Å². The van der Waals surface area contributed by atoms with Crippen LogP contribution in [0.1, 0.15) is 49.9 Å². The fourth-order valence-corrected chi connectivity index (χ4v) is 8.48. The summed E-state index contributed by atoms with van der Waals surface area (Å²) < 4.78 is 20.5. The topological polar surface area (TPSA) is 246 Å². The van der Waals surface area contributed by atoms with Gasteiger partial charge in [0.1, 0.15) is 6.04 Å². The number of rotatable bonds is 24. The van der Waals surface area contributed by atoms with Gasteiger partial charge in [-0.25, -0.2) is 4.99 Å². The molecule has 1 atom stereocenters. The number of carbonyl (C=O) groups excluding carboxylic acids is 4. The first-order chi connectivity index (χ1) is 24.7. The molecular weight excluding hydrogens is 797 g/mol. The number of carboxylic acids is 1. The van der Waals surface area contributed by atoms with Crippen molar-refractivity contribution in [3.05, 3.63) is 54.1 Å². The van der Waals surface area contributed by atoms with Gasteiger partial charge in [-0.3, -0.25) is 19.2 Å². The molecule has 0 bridgehead atoms. The molecule has 0 radical (unpaired) electrons. The van der Waals surface area contributed by atoms with Gasteiger partial charge in [-0.05, 0) is 18.2 Å². The Hall–Kier alpha value is -4.00. The van der Waals surface area contributed by atoms with Crippen LogP contribution in [0, 0.1) is 0 Å². The van der Waals surface area contributed by atoms with E-state index in [9.17, 15) is 29.1 Å². The third-order valence-corrected chi connectivity index (χ3v) is 12.9. The van der Waals surface area contributed by atoms with Crippen molar-refractivity contribution < 1.29 is 41.4 Å². The maximum atomic E-state index is 12.9. The Bertz CT molecular complexity index is 1510. The molecule has 9 N–H and O–H groups in total. The van der Waals surface area contributed by atoms with Crippen LogP contribution in [0.4, 0.5) is 11.4 Å². The number of nitrogens with zero attached hydrogens (tertiary/aromatic N) is 1. The summed E-state index contributed by atoms with van der Waals surface area (Å²) in [5.74, 6) is -2.46. The van der Waals surface area contributed by atoms with Crippen molar-refractivity contribution in [3.63, 3.8) is 0 Å². The van der Waals surface area contributed by atoms with E-state index in [4.69, 9.17) is 23.8 Å². The first-order valence-electron chi connectivity index (χ1n) is 16.8.